The molecule has 1 atom stereocenters. The minimum atomic E-state index is -0.550. The maximum atomic E-state index is 12.1. The van der Waals surface area contributed by atoms with Crippen LogP contribution in [0.2, 0.25) is 0 Å². The fraction of sp³-hybridized carbons (Fsp3) is 0.625. The molecule has 0 spiro atoms. The number of aromatic amines is 1. The van der Waals surface area contributed by atoms with Gasteiger partial charge in [-0.25, -0.2) is 4.79 Å². The first-order chi connectivity index (χ1) is 9.64. The molecule has 0 fully saturated rings. The van der Waals surface area contributed by atoms with Crippen LogP contribution in [0.3, 0.4) is 0 Å². The normalized spacial score (nSPS) is 12.9. The molecule has 0 bridgehead atoms. The van der Waals surface area contributed by atoms with Crippen LogP contribution in [-0.2, 0) is 11.3 Å². The van der Waals surface area contributed by atoms with Crippen molar-refractivity contribution in [2.75, 3.05) is 0 Å². The van der Waals surface area contributed by atoms with Crippen molar-refractivity contribution < 1.29 is 9.53 Å². The molecule has 1 heterocycles. The van der Waals surface area contributed by atoms with Crippen molar-refractivity contribution in [3.63, 3.8) is 0 Å². The lowest BCUT2D eigenvalue weighted by molar-refractivity contribution is 0.0523. The van der Waals surface area contributed by atoms with Crippen molar-refractivity contribution >= 4 is 6.09 Å². The summed E-state index contributed by atoms with van der Waals surface area (Å²) < 4.78 is 5.16. The second-order valence-electron chi connectivity index (χ2n) is 6.38. The Balaban J connectivity index is 2.81. The molecule has 0 aliphatic rings. The van der Waals surface area contributed by atoms with E-state index in [2.05, 4.69) is 24.1 Å². The predicted molar refractivity (Wildman–Crippen MR) is 83.6 cm³/mol. The Morgan fingerprint density at radius 1 is 1.43 bits per heavy atom. The maximum absolute atomic E-state index is 12.1. The highest BCUT2D eigenvalue weighted by Crippen LogP contribution is 2.17. The number of rotatable bonds is 4. The number of amides is 1. The van der Waals surface area contributed by atoms with Gasteiger partial charge >= 0.3 is 6.09 Å². The molecule has 1 amide bonds. The summed E-state index contributed by atoms with van der Waals surface area (Å²) in [5.74, 6) is 0.310. The number of hydrogen-bond donors (Lipinski definition) is 2. The Bertz CT molecular complexity index is 556. The summed E-state index contributed by atoms with van der Waals surface area (Å²) in [6, 6.07) is 1.97. The second kappa shape index (κ2) is 6.78. The molecule has 0 saturated carbocycles. The van der Waals surface area contributed by atoms with Crippen LogP contribution in [-0.4, -0.2) is 16.7 Å². The van der Waals surface area contributed by atoms with Gasteiger partial charge in [0, 0.05) is 11.3 Å². The first-order valence-corrected chi connectivity index (χ1v) is 7.33. The van der Waals surface area contributed by atoms with E-state index in [-0.39, 0.29) is 12.1 Å². The molecule has 5 heteroatoms. The number of H-pyrrole nitrogens is 1. The van der Waals surface area contributed by atoms with Crippen LogP contribution in [0.1, 0.15) is 63.8 Å². The smallest absolute Gasteiger partial charge is 0.407 e. The molecule has 1 rings (SSSR count). The van der Waals surface area contributed by atoms with Gasteiger partial charge in [-0.1, -0.05) is 13.8 Å². The van der Waals surface area contributed by atoms with E-state index in [1.807, 2.05) is 13.0 Å². The molecule has 118 valence electrons. The molecule has 5 nitrogen and oxygen atoms in total. The Kier molecular flexibility index (Phi) is 5.58. The summed E-state index contributed by atoms with van der Waals surface area (Å²) in [7, 11) is 0. The third-order valence-corrected chi connectivity index (χ3v) is 3.33. The van der Waals surface area contributed by atoms with Gasteiger partial charge in [-0.2, -0.15) is 0 Å². The molecule has 1 aromatic heterocycles. The summed E-state index contributed by atoms with van der Waals surface area (Å²) in [6.07, 6.45) is 0.442. The van der Waals surface area contributed by atoms with Crippen molar-refractivity contribution in [1.29, 1.82) is 0 Å². The summed E-state index contributed by atoms with van der Waals surface area (Å²) in [6.45, 7) is 11.6. The molecule has 0 saturated heterocycles. The molecule has 0 radical (unpaired) electrons. The number of carbonyl (C=O) groups is 1. The van der Waals surface area contributed by atoms with Crippen molar-refractivity contribution in [2.45, 2.75) is 66.0 Å². The van der Waals surface area contributed by atoms with Gasteiger partial charge in [0.2, 0.25) is 0 Å². The topological polar surface area (TPSA) is 71.2 Å². The minimum absolute atomic E-state index is 0.152. The first-order valence-electron chi connectivity index (χ1n) is 7.33. The van der Waals surface area contributed by atoms with E-state index in [1.54, 1.807) is 20.8 Å². The van der Waals surface area contributed by atoms with Crippen LogP contribution in [0.4, 0.5) is 4.79 Å². The van der Waals surface area contributed by atoms with Crippen molar-refractivity contribution in [3.05, 3.63) is 33.2 Å². The lowest BCUT2D eigenvalue weighted by Crippen LogP contribution is -2.34. The Morgan fingerprint density at radius 3 is 2.52 bits per heavy atom. The van der Waals surface area contributed by atoms with Gasteiger partial charge in [0.25, 0.3) is 5.56 Å². The Labute approximate surface area is 126 Å². The zero-order chi connectivity index (χ0) is 16.2. The molecule has 1 aromatic rings. The van der Waals surface area contributed by atoms with Gasteiger partial charge < -0.3 is 15.0 Å². The first kappa shape index (κ1) is 17.3. The highest BCUT2D eigenvalue weighted by Gasteiger charge is 2.17. The Morgan fingerprint density at radius 2 is 2.05 bits per heavy atom. The zero-order valence-electron chi connectivity index (χ0n) is 13.8. The number of aromatic nitrogens is 1. The summed E-state index contributed by atoms with van der Waals surface area (Å²) in [5.41, 5.74) is 1.67. The number of hydrogen-bond acceptors (Lipinski definition) is 3. The van der Waals surface area contributed by atoms with E-state index < -0.39 is 11.7 Å². The van der Waals surface area contributed by atoms with Gasteiger partial charge in [-0.05, 0) is 51.7 Å². The standard InChI is InChI=1S/C16H26N2O3/c1-7-10(2)13-8-11(3)12(14(19)18-13)9-17-15(20)21-16(4,5)6/h8,10H,7,9H2,1-6H3,(H,17,20)(H,18,19). The van der Waals surface area contributed by atoms with Crippen LogP contribution < -0.4 is 10.9 Å². The average Bonchev–Trinajstić information content (AvgIpc) is 2.34. The highest BCUT2D eigenvalue weighted by atomic mass is 16.6. The van der Waals surface area contributed by atoms with Crippen LogP contribution in [0.5, 0.6) is 0 Å². The van der Waals surface area contributed by atoms with Gasteiger partial charge in [0.15, 0.2) is 0 Å². The fourth-order valence-electron chi connectivity index (χ4n) is 1.92. The number of nitrogens with one attached hydrogen (secondary N) is 2. The van der Waals surface area contributed by atoms with Gasteiger partial charge in [0.1, 0.15) is 5.60 Å². The molecular formula is C16H26N2O3. The monoisotopic (exact) mass is 294 g/mol. The molecule has 0 aromatic carbocycles. The second-order valence-corrected chi connectivity index (χ2v) is 6.38. The molecule has 0 aliphatic heterocycles. The zero-order valence-corrected chi connectivity index (χ0v) is 13.8. The number of aryl methyl sites for hydroxylation is 1. The summed E-state index contributed by atoms with van der Waals surface area (Å²) >= 11 is 0. The van der Waals surface area contributed by atoms with E-state index in [0.717, 1.165) is 17.7 Å². The van der Waals surface area contributed by atoms with E-state index in [4.69, 9.17) is 4.74 Å². The fourth-order valence-corrected chi connectivity index (χ4v) is 1.92. The molecule has 21 heavy (non-hydrogen) atoms. The van der Waals surface area contributed by atoms with Crippen molar-refractivity contribution in [2.24, 2.45) is 0 Å². The lowest BCUT2D eigenvalue weighted by atomic mass is 10.0. The van der Waals surface area contributed by atoms with Crippen LogP contribution >= 0.6 is 0 Å². The van der Waals surface area contributed by atoms with E-state index in [1.165, 1.54) is 0 Å². The summed E-state index contributed by atoms with van der Waals surface area (Å²) in [4.78, 5) is 26.7. The van der Waals surface area contributed by atoms with Gasteiger partial charge in [-0.3, -0.25) is 4.79 Å². The lowest BCUT2D eigenvalue weighted by Gasteiger charge is -2.20. The molecule has 2 N–H and O–H groups in total. The van der Waals surface area contributed by atoms with E-state index >= 15 is 0 Å². The van der Waals surface area contributed by atoms with E-state index in [0.29, 0.717) is 11.5 Å². The van der Waals surface area contributed by atoms with Crippen molar-refractivity contribution in [3.8, 4) is 0 Å². The highest BCUT2D eigenvalue weighted by molar-refractivity contribution is 5.67. The minimum Gasteiger partial charge on any atom is -0.444 e. The van der Waals surface area contributed by atoms with Crippen molar-refractivity contribution in [1.82, 2.24) is 10.3 Å². The summed E-state index contributed by atoms with van der Waals surface area (Å²) in [5, 5.41) is 2.62. The van der Waals surface area contributed by atoms with Crippen LogP contribution in [0.15, 0.2) is 10.9 Å². The quantitative estimate of drug-likeness (QED) is 0.895. The third kappa shape index (κ3) is 5.25. The van der Waals surface area contributed by atoms with Gasteiger partial charge in [0.05, 0.1) is 6.54 Å². The van der Waals surface area contributed by atoms with Crippen LogP contribution in [0, 0.1) is 6.92 Å². The van der Waals surface area contributed by atoms with Crippen LogP contribution in [0.25, 0.3) is 0 Å². The Hall–Kier alpha value is -1.78. The number of carbonyl (C=O) groups excluding carboxylic acids is 1. The number of alkyl carbamates (subject to hydrolysis) is 1. The maximum Gasteiger partial charge on any atom is 0.407 e. The van der Waals surface area contributed by atoms with Gasteiger partial charge in [-0.15, -0.1) is 0 Å². The molecular weight excluding hydrogens is 268 g/mol. The molecule has 0 aliphatic carbocycles. The SMILES string of the molecule is CCC(C)c1cc(C)c(CNC(=O)OC(C)(C)C)c(=O)[nH]1. The number of ether oxygens (including phenoxy) is 1. The third-order valence-electron chi connectivity index (χ3n) is 3.33. The average molecular weight is 294 g/mol. The largest absolute Gasteiger partial charge is 0.444 e. The predicted octanol–water partition coefficient (Wildman–Crippen LogP) is 3.22. The molecule has 1 unspecified atom stereocenters. The number of pyridine rings is 1. The van der Waals surface area contributed by atoms with E-state index in [9.17, 15) is 9.59 Å².